The number of hydrogen-bond acceptors (Lipinski definition) is 4. The lowest BCUT2D eigenvalue weighted by atomic mass is 10.1. The first-order chi connectivity index (χ1) is 14.8. The number of hydrogen-bond donors (Lipinski definition) is 4. The minimum atomic E-state index is -4.48. The Hall–Kier alpha value is -3.59. The number of nitrogens with one attached hydrogen (secondary N) is 3. The van der Waals surface area contributed by atoms with Crippen LogP contribution < -0.4 is 10.9 Å². The van der Waals surface area contributed by atoms with E-state index >= 15 is 0 Å². The van der Waals surface area contributed by atoms with E-state index in [2.05, 4.69) is 20.3 Å². The van der Waals surface area contributed by atoms with Crippen molar-refractivity contribution < 1.29 is 18.3 Å². The monoisotopic (exact) mass is 428 g/mol. The number of H-pyrrole nitrogens is 2. The molecule has 0 radical (unpaired) electrons. The lowest BCUT2D eigenvalue weighted by molar-refractivity contribution is -0.137. The van der Waals surface area contributed by atoms with Gasteiger partial charge in [0.05, 0.1) is 34.9 Å². The highest BCUT2D eigenvalue weighted by molar-refractivity contribution is 5.83. The molecule has 4 aromatic rings. The van der Waals surface area contributed by atoms with E-state index in [-0.39, 0.29) is 29.6 Å². The van der Waals surface area contributed by atoms with Gasteiger partial charge < -0.3 is 20.4 Å². The van der Waals surface area contributed by atoms with Gasteiger partial charge in [0.25, 0.3) is 5.56 Å². The summed E-state index contributed by atoms with van der Waals surface area (Å²) in [5, 5.41) is 13.0. The van der Waals surface area contributed by atoms with Crippen LogP contribution in [0.4, 0.5) is 18.9 Å². The van der Waals surface area contributed by atoms with Crippen molar-refractivity contribution in [3.63, 3.8) is 0 Å². The fourth-order valence-electron chi connectivity index (χ4n) is 3.42. The van der Waals surface area contributed by atoms with Crippen molar-refractivity contribution in [1.29, 1.82) is 0 Å². The molecule has 0 aliphatic heterocycles. The number of fused-ring (bicyclic) bond motifs is 1. The van der Waals surface area contributed by atoms with Crippen LogP contribution in [0.1, 0.15) is 11.1 Å². The summed E-state index contributed by atoms with van der Waals surface area (Å²) < 4.78 is 39.0. The number of imidazole rings is 1. The predicted octanol–water partition coefficient (Wildman–Crippen LogP) is 3.95. The van der Waals surface area contributed by atoms with Crippen LogP contribution in [0.15, 0.2) is 65.6 Å². The van der Waals surface area contributed by atoms with Gasteiger partial charge in [-0.05, 0) is 36.2 Å². The quantitative estimate of drug-likeness (QED) is 0.374. The highest BCUT2D eigenvalue weighted by atomic mass is 19.4. The Morgan fingerprint density at radius 1 is 1.10 bits per heavy atom. The predicted molar refractivity (Wildman–Crippen MR) is 112 cm³/mol. The van der Waals surface area contributed by atoms with E-state index in [0.717, 1.165) is 17.7 Å². The number of aromatic nitrogens is 3. The summed E-state index contributed by atoms with van der Waals surface area (Å²) in [7, 11) is 0. The topological polar surface area (TPSA) is 93.8 Å². The van der Waals surface area contributed by atoms with E-state index in [1.807, 2.05) is 30.3 Å². The van der Waals surface area contributed by atoms with Gasteiger partial charge in [0, 0.05) is 6.20 Å². The van der Waals surface area contributed by atoms with Gasteiger partial charge in [-0.15, -0.1) is 0 Å². The second-order valence-corrected chi connectivity index (χ2v) is 7.12. The van der Waals surface area contributed by atoms with Gasteiger partial charge in [0.1, 0.15) is 11.4 Å². The minimum Gasteiger partial charge on any atom is -0.394 e. The molecule has 2 aromatic heterocycles. The third kappa shape index (κ3) is 4.46. The van der Waals surface area contributed by atoms with Crippen molar-refractivity contribution in [3.05, 3.63) is 82.3 Å². The Labute approximate surface area is 174 Å². The number of benzene rings is 2. The molecule has 2 aromatic carbocycles. The number of rotatable bonds is 6. The third-order valence-corrected chi connectivity index (χ3v) is 4.91. The molecule has 0 aliphatic rings. The Kier molecular flexibility index (Phi) is 5.51. The summed E-state index contributed by atoms with van der Waals surface area (Å²) in [4.78, 5) is 22.2. The van der Waals surface area contributed by atoms with Crippen LogP contribution in [-0.4, -0.2) is 32.7 Å². The lowest BCUT2D eigenvalue weighted by Gasteiger charge is -2.19. The fraction of sp³-hybridized carbons (Fsp3) is 0.182. The maximum atomic E-state index is 13.0. The van der Waals surface area contributed by atoms with Gasteiger partial charge >= 0.3 is 6.18 Å². The Morgan fingerprint density at radius 3 is 2.58 bits per heavy atom. The third-order valence-electron chi connectivity index (χ3n) is 4.91. The number of nitrogens with zero attached hydrogens (tertiary/aromatic N) is 1. The smallest absolute Gasteiger partial charge is 0.394 e. The Bertz CT molecular complexity index is 1250. The molecular weight excluding hydrogens is 409 g/mol. The molecule has 4 N–H and O–H groups in total. The van der Waals surface area contributed by atoms with Crippen LogP contribution >= 0.6 is 0 Å². The van der Waals surface area contributed by atoms with Gasteiger partial charge in [0.2, 0.25) is 0 Å². The Balaban J connectivity index is 1.70. The molecule has 4 rings (SSSR count). The zero-order valence-electron chi connectivity index (χ0n) is 16.2. The SMILES string of the molecule is O=c1[nH]ccc(N[C@H](CO)Cc2ccccc2)c1-c1nc2ccc(C(F)(F)F)cc2[nH]1. The first-order valence-electron chi connectivity index (χ1n) is 9.55. The lowest BCUT2D eigenvalue weighted by Crippen LogP contribution is -2.28. The molecular formula is C22H19F3N4O2. The molecule has 0 saturated heterocycles. The number of halogens is 3. The van der Waals surface area contributed by atoms with Gasteiger partial charge in [-0.25, -0.2) is 4.98 Å². The second-order valence-electron chi connectivity index (χ2n) is 7.12. The van der Waals surface area contributed by atoms with E-state index in [4.69, 9.17) is 0 Å². The van der Waals surface area contributed by atoms with E-state index in [1.54, 1.807) is 6.07 Å². The van der Waals surface area contributed by atoms with Gasteiger partial charge in [-0.3, -0.25) is 4.79 Å². The summed E-state index contributed by atoms with van der Waals surface area (Å²) in [6.07, 6.45) is -2.52. The molecule has 9 heteroatoms. The molecule has 0 amide bonds. The average Bonchev–Trinajstić information content (AvgIpc) is 3.16. The van der Waals surface area contributed by atoms with Gasteiger partial charge in [-0.2, -0.15) is 13.2 Å². The van der Waals surface area contributed by atoms with Gasteiger partial charge in [-0.1, -0.05) is 30.3 Å². The van der Waals surface area contributed by atoms with Crippen LogP contribution in [-0.2, 0) is 12.6 Å². The van der Waals surface area contributed by atoms with E-state index in [1.165, 1.54) is 12.3 Å². The highest BCUT2D eigenvalue weighted by Crippen LogP contribution is 2.32. The van der Waals surface area contributed by atoms with Crippen molar-refractivity contribution >= 4 is 16.7 Å². The summed E-state index contributed by atoms with van der Waals surface area (Å²) in [5.74, 6) is 0.134. The molecule has 0 aliphatic carbocycles. The van der Waals surface area contributed by atoms with Gasteiger partial charge in [0.15, 0.2) is 0 Å². The summed E-state index contributed by atoms with van der Waals surface area (Å²) in [6, 6.07) is 14.0. The molecule has 0 spiro atoms. The molecule has 0 saturated carbocycles. The van der Waals surface area contributed by atoms with Crippen molar-refractivity contribution in [1.82, 2.24) is 15.0 Å². The normalized spacial score (nSPS) is 12.8. The van der Waals surface area contributed by atoms with Crippen LogP contribution in [0.2, 0.25) is 0 Å². The molecule has 0 unspecified atom stereocenters. The van der Waals surface area contributed by atoms with Crippen molar-refractivity contribution in [2.24, 2.45) is 0 Å². The van der Waals surface area contributed by atoms with Crippen LogP contribution in [0.5, 0.6) is 0 Å². The first kappa shape index (κ1) is 20.7. The number of pyridine rings is 1. The molecule has 0 bridgehead atoms. The summed E-state index contributed by atoms with van der Waals surface area (Å²) >= 11 is 0. The number of aliphatic hydroxyl groups excluding tert-OH is 1. The highest BCUT2D eigenvalue weighted by Gasteiger charge is 2.31. The van der Waals surface area contributed by atoms with E-state index in [0.29, 0.717) is 17.6 Å². The van der Waals surface area contributed by atoms with Crippen molar-refractivity contribution in [2.75, 3.05) is 11.9 Å². The maximum Gasteiger partial charge on any atom is 0.416 e. The molecule has 2 heterocycles. The molecule has 1 atom stereocenters. The Morgan fingerprint density at radius 2 is 1.87 bits per heavy atom. The average molecular weight is 428 g/mol. The summed E-state index contributed by atoms with van der Waals surface area (Å²) in [5.41, 5.74) is 0.772. The van der Waals surface area contributed by atoms with Crippen molar-refractivity contribution in [2.45, 2.75) is 18.6 Å². The maximum absolute atomic E-state index is 13.0. The largest absolute Gasteiger partial charge is 0.416 e. The van der Waals surface area contributed by atoms with Crippen LogP contribution in [0.3, 0.4) is 0 Å². The molecule has 31 heavy (non-hydrogen) atoms. The van der Waals surface area contributed by atoms with Crippen LogP contribution in [0.25, 0.3) is 22.4 Å². The van der Waals surface area contributed by atoms with Crippen molar-refractivity contribution in [3.8, 4) is 11.4 Å². The minimum absolute atomic E-state index is 0.134. The number of alkyl halides is 3. The summed E-state index contributed by atoms with van der Waals surface area (Å²) in [6.45, 7) is -0.184. The second kappa shape index (κ2) is 8.27. The van der Waals surface area contributed by atoms with E-state index < -0.39 is 17.3 Å². The molecule has 160 valence electrons. The number of anilines is 1. The number of aliphatic hydroxyl groups is 1. The zero-order chi connectivity index (χ0) is 22.0. The molecule has 0 fully saturated rings. The first-order valence-corrected chi connectivity index (χ1v) is 9.55. The van der Waals surface area contributed by atoms with Crippen LogP contribution in [0, 0.1) is 0 Å². The zero-order valence-corrected chi connectivity index (χ0v) is 16.2. The molecule has 6 nitrogen and oxygen atoms in total. The standard InChI is InChI=1S/C22H19F3N4O2/c23-22(24,25)14-6-7-16-18(11-14)29-20(28-16)19-17(8-9-26-21(19)31)27-15(12-30)10-13-4-2-1-3-5-13/h1-9,11,15,30H,10,12H2,(H,28,29)(H2,26,27,31)/t15-/m0/s1. The van der Waals surface area contributed by atoms with E-state index in [9.17, 15) is 23.1 Å². The number of aromatic amines is 2. The fourth-order valence-corrected chi connectivity index (χ4v) is 3.42.